The third kappa shape index (κ3) is 49.8. The number of rotatable bonds is 67. The van der Waals surface area contributed by atoms with E-state index in [0.717, 1.165) is 6.92 Å². The molecule has 2 aliphatic rings. The lowest BCUT2D eigenvalue weighted by molar-refractivity contribution is -0.148. The predicted molar refractivity (Wildman–Crippen MR) is 506 cm³/mol. The normalized spacial score (nSPS) is 15.3. The Labute approximate surface area is 801 Å². The SMILES string of the molecule is CC(=O)NCC(=O)N[C@@H](CCCNC(=N)N)C(=O)N[C@@H](CCCNC(=N)N)C(=O)N[C@@H](CCCNC(=N)N)C(=O)N[C@@H](CCCNC(=N)N)C(=O)N[C@@H](CCCNC(=N)N)C(=O)N[C@@H](CCC(N)=O)C(=O)N[C@@H](CCCNC(=N)N)C(=O)N[C@@H](CCCNC(=N)N)C(=O)N[C@@H](CCCNC(=N)N)C(=O)N1CCC[C@H]1C(=O)N1CCC[C@H]1C(=O)N[C@@H](CCC(N)=O)C(=O)NCC(=O)N[C@@H](CS)C(N)=O. The van der Waals surface area contributed by atoms with Gasteiger partial charge < -0.3 is 185 Å². The van der Waals surface area contributed by atoms with Gasteiger partial charge in [-0.15, -0.1) is 0 Å². The van der Waals surface area contributed by atoms with Gasteiger partial charge >= 0.3 is 0 Å². The van der Waals surface area contributed by atoms with Crippen LogP contribution >= 0.6 is 12.6 Å². The van der Waals surface area contributed by atoms with Gasteiger partial charge in [-0.05, 0) is 141 Å². The summed E-state index contributed by atoms with van der Waals surface area (Å²) in [7, 11) is 0. The number of hydrogen-bond acceptors (Lipinski definition) is 27. The minimum absolute atomic E-state index is 0.0138. The second-order valence-electron chi connectivity index (χ2n) is 32.3. The van der Waals surface area contributed by atoms with E-state index in [1.165, 1.54) is 9.80 Å². The van der Waals surface area contributed by atoms with Crippen molar-refractivity contribution in [3.63, 3.8) is 0 Å². The molecule has 2 heterocycles. The molecule has 774 valence electrons. The van der Waals surface area contributed by atoms with Gasteiger partial charge in [0.15, 0.2) is 47.7 Å². The van der Waals surface area contributed by atoms with E-state index in [0.29, 0.717) is 0 Å². The van der Waals surface area contributed by atoms with Gasteiger partial charge in [-0.3, -0.25) is 130 Å². The Morgan fingerprint density at radius 3 is 0.797 bits per heavy atom. The first-order valence-corrected chi connectivity index (χ1v) is 45.3. The van der Waals surface area contributed by atoms with Crippen LogP contribution in [0, 0.1) is 43.3 Å². The van der Waals surface area contributed by atoms with E-state index in [9.17, 15) is 57.5 Å². The fraction of sp³-hybridized carbons (Fsp3) is 0.662. The average Bonchev–Trinajstić information content (AvgIpc) is 1.64. The molecule has 51 N–H and O–H groups in total. The molecule has 18 amide bonds. The standard InChI is InChI=1S/C77H142N42O18S/c1-39(120)105-36-55(123)107-40(12-2-26-97-70(81)82)59(127)109-41(13-3-27-98-71(83)84)60(128)110-42(14-4-28-99-72(85)86)61(129)111-43(15-5-29-100-73(87)88)62(130)112-45(17-7-31-102-75(91)92)64(132)115-48(23-25-54(79)122)66(134)114-44(16-6-30-101-74(89)90)63(131)113-46(18-8-32-103-76(93)94)65(133)117-49(19-9-33-104-77(95)96)68(136)119-35-11-21-52(119)69(137)118-34-10-20-51(118)67(135)116-47(22-24-53(78)121)58(126)106-37-56(124)108-50(38-138)57(80)125/h40-52,138H,2-38H2,1H3,(H2,78,121)(H2,79,122)(H2,80,125)(H,105,120)(H,106,126)(H,107,123)(H,108,124)(H,109,127)(H,110,128)(H,111,129)(H,112,130)(H,113,131)(H,114,134)(H,115,132)(H,116,135)(H,117,133)(H4,81,82,97)(H4,83,84,98)(H4,85,86,99)(H4,87,88,100)(H4,89,90,101)(H4,91,92,102)(H4,93,94,103)(H4,95,96,104)/t40-,41-,42-,43-,44-,45-,46-,47-,48-,49-,50-,51-,52-/m0/s1. The lowest BCUT2D eigenvalue weighted by atomic mass is 10.0. The number of carbonyl (C=O) groups is 18. The zero-order valence-electron chi connectivity index (χ0n) is 77.2. The van der Waals surface area contributed by atoms with Gasteiger partial charge in [-0.2, -0.15) is 12.6 Å². The summed E-state index contributed by atoms with van der Waals surface area (Å²) in [6.45, 7) is -0.677. The van der Waals surface area contributed by atoms with Crippen LogP contribution in [0.5, 0.6) is 0 Å². The zero-order chi connectivity index (χ0) is 104. The van der Waals surface area contributed by atoms with Crippen molar-refractivity contribution < 1.29 is 86.3 Å². The molecule has 0 radical (unpaired) electrons. The maximum atomic E-state index is 15.2. The Morgan fingerprint density at radius 2 is 0.529 bits per heavy atom. The number of nitrogens with one attached hydrogen (secondary N) is 29. The molecule has 138 heavy (non-hydrogen) atoms. The molecule has 0 bridgehead atoms. The summed E-state index contributed by atoms with van der Waals surface area (Å²) in [4.78, 5) is 253. The van der Waals surface area contributed by atoms with Gasteiger partial charge in [0.1, 0.15) is 78.5 Å². The van der Waals surface area contributed by atoms with Crippen LogP contribution in [0.15, 0.2) is 0 Å². The lowest BCUT2D eigenvalue weighted by Crippen LogP contribution is -2.61. The zero-order valence-corrected chi connectivity index (χ0v) is 78.1. The molecule has 60 nitrogen and oxygen atoms in total. The second-order valence-corrected chi connectivity index (χ2v) is 32.6. The van der Waals surface area contributed by atoms with Gasteiger partial charge in [0, 0.05) is 91.0 Å². The minimum atomic E-state index is -1.85. The summed E-state index contributed by atoms with van der Waals surface area (Å²) < 4.78 is 0. The topological polar surface area (TPSA) is 1040 Å². The number of thiol groups is 1. The molecule has 0 aromatic heterocycles. The van der Waals surface area contributed by atoms with E-state index in [2.05, 4.69) is 124 Å². The first kappa shape index (κ1) is 119. The number of primary amides is 3. The Hall–Kier alpha value is -15.0. The van der Waals surface area contributed by atoms with Crippen molar-refractivity contribution in [3.8, 4) is 0 Å². The summed E-state index contributed by atoms with van der Waals surface area (Å²) in [6, 6.07) is -20.0. The number of likely N-dealkylation sites (tertiary alicyclic amines) is 2. The van der Waals surface area contributed by atoms with E-state index in [1.54, 1.807) is 0 Å². The van der Waals surface area contributed by atoms with Crippen molar-refractivity contribution >= 4 is 167 Å². The average molecular weight is 1980 g/mol. The van der Waals surface area contributed by atoms with Crippen molar-refractivity contribution in [2.24, 2.45) is 63.1 Å². The molecule has 13 atom stereocenters. The predicted octanol–water partition coefficient (Wildman–Crippen LogP) is -15.4. The molecule has 0 unspecified atom stereocenters. The first-order chi connectivity index (χ1) is 65.1. The van der Waals surface area contributed by atoms with Gasteiger partial charge in [0.05, 0.1) is 13.1 Å². The van der Waals surface area contributed by atoms with Gasteiger partial charge in [-0.1, -0.05) is 0 Å². The summed E-state index contributed by atoms with van der Waals surface area (Å²) in [5, 5.41) is 115. The van der Waals surface area contributed by atoms with Crippen molar-refractivity contribution in [1.29, 1.82) is 43.3 Å². The summed E-state index contributed by atoms with van der Waals surface area (Å²) >= 11 is 3.98. The monoisotopic (exact) mass is 1980 g/mol. The van der Waals surface area contributed by atoms with Crippen molar-refractivity contribution in [1.82, 2.24) is 121 Å². The van der Waals surface area contributed by atoms with E-state index < -0.39 is 265 Å². The molecular weight excluding hydrogens is 1830 g/mol. The van der Waals surface area contributed by atoms with E-state index in [-0.39, 0.29) is 206 Å². The maximum absolute atomic E-state index is 15.2. The number of nitrogens with two attached hydrogens (primary N) is 11. The molecular formula is C77H142N42O18S. The highest BCUT2D eigenvalue weighted by atomic mass is 32.1. The molecule has 2 fully saturated rings. The van der Waals surface area contributed by atoms with E-state index >= 15 is 28.8 Å². The number of hydrogen-bond donors (Lipinski definition) is 41. The maximum Gasteiger partial charge on any atom is 0.246 e. The van der Waals surface area contributed by atoms with Crippen LogP contribution in [0.4, 0.5) is 0 Å². The number of nitrogens with zero attached hydrogens (tertiary/aromatic N) is 2. The molecule has 0 aliphatic carbocycles. The van der Waals surface area contributed by atoms with Crippen molar-refractivity contribution in [2.45, 2.75) is 240 Å². The number of carbonyl (C=O) groups excluding carboxylic acids is 18. The van der Waals surface area contributed by atoms with Crippen molar-refractivity contribution in [2.75, 3.05) is 84.3 Å². The largest absolute Gasteiger partial charge is 0.370 e. The van der Waals surface area contributed by atoms with Crippen LogP contribution in [0.2, 0.25) is 0 Å². The van der Waals surface area contributed by atoms with E-state index in [4.69, 9.17) is 106 Å². The van der Waals surface area contributed by atoms with Crippen LogP contribution in [-0.2, 0) is 86.3 Å². The van der Waals surface area contributed by atoms with Crippen LogP contribution in [-0.4, -0.2) is 327 Å². The summed E-state index contributed by atoms with van der Waals surface area (Å²) in [5.74, 6) is -20.8. The quantitative estimate of drug-likeness (QED) is 0.0116. The molecule has 0 saturated carbocycles. The Bertz CT molecular complexity index is 4250. The van der Waals surface area contributed by atoms with Gasteiger partial charge in [0.25, 0.3) is 0 Å². The van der Waals surface area contributed by atoms with E-state index in [1.807, 2.05) is 0 Å². The van der Waals surface area contributed by atoms with Crippen molar-refractivity contribution in [3.05, 3.63) is 0 Å². The summed E-state index contributed by atoms with van der Waals surface area (Å²) in [5.41, 5.74) is 60.8. The number of guanidine groups is 8. The van der Waals surface area contributed by atoms with Gasteiger partial charge in [0.2, 0.25) is 106 Å². The molecule has 2 aliphatic heterocycles. The Kier molecular flexibility index (Phi) is 55.9. The Balaban J connectivity index is 2.81. The van der Waals surface area contributed by atoms with Crippen LogP contribution in [0.3, 0.4) is 0 Å². The third-order valence-electron chi connectivity index (χ3n) is 21.0. The highest BCUT2D eigenvalue weighted by Crippen LogP contribution is 2.27. The Morgan fingerprint density at radius 1 is 0.290 bits per heavy atom. The fourth-order valence-electron chi connectivity index (χ4n) is 14.1. The van der Waals surface area contributed by atoms with Crippen LogP contribution in [0.1, 0.15) is 161 Å². The minimum Gasteiger partial charge on any atom is -0.370 e. The molecule has 61 heteroatoms. The molecule has 0 aromatic carbocycles. The highest BCUT2D eigenvalue weighted by Gasteiger charge is 2.45. The second kappa shape index (κ2) is 64.8. The third-order valence-corrected chi connectivity index (χ3v) is 21.4. The highest BCUT2D eigenvalue weighted by molar-refractivity contribution is 7.80. The first-order valence-electron chi connectivity index (χ1n) is 44.7. The smallest absolute Gasteiger partial charge is 0.246 e. The van der Waals surface area contributed by atoms with Crippen LogP contribution in [0.25, 0.3) is 0 Å². The summed E-state index contributed by atoms with van der Waals surface area (Å²) in [6.07, 6.45) is -3.75. The molecule has 2 saturated heterocycles. The van der Waals surface area contributed by atoms with Gasteiger partial charge in [-0.25, -0.2) is 0 Å². The fourth-order valence-corrected chi connectivity index (χ4v) is 14.4. The molecule has 2 rings (SSSR count). The molecule has 0 aromatic rings. The van der Waals surface area contributed by atoms with Crippen LogP contribution < -0.4 is 175 Å². The number of amides is 18. The lowest BCUT2D eigenvalue weighted by Gasteiger charge is -2.33. The molecule has 0 spiro atoms.